The Bertz CT molecular complexity index is 239. The van der Waals surface area contributed by atoms with E-state index in [0.717, 1.165) is 13.1 Å². The molecule has 1 unspecified atom stereocenters. The Morgan fingerprint density at radius 1 is 1.29 bits per heavy atom. The number of carbonyl (C=O) groups excluding carboxylic acids is 1. The first kappa shape index (κ1) is 14.5. The molecule has 0 N–H and O–H groups in total. The van der Waals surface area contributed by atoms with Gasteiger partial charge in [-0.05, 0) is 39.8 Å². The quantitative estimate of drug-likeness (QED) is 0.667. The zero-order valence-electron chi connectivity index (χ0n) is 11.3. The van der Waals surface area contributed by atoms with E-state index in [9.17, 15) is 4.79 Å². The second-order valence-corrected chi connectivity index (χ2v) is 4.96. The van der Waals surface area contributed by atoms with Crippen molar-refractivity contribution in [2.75, 3.05) is 33.4 Å². The highest BCUT2D eigenvalue weighted by molar-refractivity contribution is 5.70. The van der Waals surface area contributed by atoms with Crippen molar-refractivity contribution >= 4 is 5.97 Å². The molecule has 0 saturated carbocycles. The van der Waals surface area contributed by atoms with Gasteiger partial charge in [-0.3, -0.25) is 9.69 Å². The fourth-order valence-corrected chi connectivity index (χ4v) is 2.52. The van der Waals surface area contributed by atoms with Crippen LogP contribution in [0.2, 0.25) is 0 Å². The highest BCUT2D eigenvalue weighted by Gasteiger charge is 2.35. The minimum Gasteiger partial charge on any atom is -0.466 e. The summed E-state index contributed by atoms with van der Waals surface area (Å²) in [5, 5.41) is 0. The maximum Gasteiger partial charge on any atom is 0.307 e. The van der Waals surface area contributed by atoms with Crippen LogP contribution in [-0.2, 0) is 14.3 Å². The molecule has 0 aromatic rings. The van der Waals surface area contributed by atoms with Gasteiger partial charge in [0.05, 0.1) is 25.2 Å². The first-order valence-corrected chi connectivity index (χ1v) is 6.52. The van der Waals surface area contributed by atoms with Crippen LogP contribution in [-0.4, -0.2) is 49.8 Å². The van der Waals surface area contributed by atoms with E-state index in [1.807, 2.05) is 6.92 Å². The zero-order chi connectivity index (χ0) is 12.7. The number of rotatable bonds is 6. The summed E-state index contributed by atoms with van der Waals surface area (Å²) in [5.74, 6) is -0.127. The standard InChI is InChI=1S/C13H25NO3/c1-4-17-12(15)10-13(2,11-16-3)14-8-6-5-7-9-14/h4-11H2,1-3H3. The Kier molecular flexibility index (Phi) is 5.92. The van der Waals surface area contributed by atoms with Crippen molar-refractivity contribution in [1.29, 1.82) is 0 Å². The molecule has 1 heterocycles. The van der Waals surface area contributed by atoms with Crippen LogP contribution < -0.4 is 0 Å². The van der Waals surface area contributed by atoms with Gasteiger partial charge in [-0.1, -0.05) is 6.42 Å². The van der Waals surface area contributed by atoms with E-state index in [0.29, 0.717) is 19.6 Å². The van der Waals surface area contributed by atoms with Crippen LogP contribution in [0.25, 0.3) is 0 Å². The largest absolute Gasteiger partial charge is 0.466 e. The van der Waals surface area contributed by atoms with Gasteiger partial charge >= 0.3 is 5.97 Å². The van der Waals surface area contributed by atoms with Crippen molar-refractivity contribution in [3.63, 3.8) is 0 Å². The van der Waals surface area contributed by atoms with Crippen LogP contribution in [0.1, 0.15) is 39.5 Å². The number of methoxy groups -OCH3 is 1. The van der Waals surface area contributed by atoms with Crippen LogP contribution >= 0.6 is 0 Å². The summed E-state index contributed by atoms with van der Waals surface area (Å²) in [7, 11) is 1.69. The monoisotopic (exact) mass is 243 g/mol. The van der Waals surface area contributed by atoms with E-state index >= 15 is 0 Å². The van der Waals surface area contributed by atoms with Crippen molar-refractivity contribution in [2.24, 2.45) is 0 Å². The molecule has 4 nitrogen and oxygen atoms in total. The molecule has 1 aliphatic rings. The Hall–Kier alpha value is -0.610. The molecule has 0 aromatic heterocycles. The molecule has 17 heavy (non-hydrogen) atoms. The number of piperidine rings is 1. The molecule has 4 heteroatoms. The number of esters is 1. The van der Waals surface area contributed by atoms with E-state index in [1.54, 1.807) is 7.11 Å². The summed E-state index contributed by atoms with van der Waals surface area (Å²) in [6, 6.07) is 0. The van der Waals surface area contributed by atoms with Crippen molar-refractivity contribution < 1.29 is 14.3 Å². The molecule has 1 atom stereocenters. The maximum absolute atomic E-state index is 11.7. The van der Waals surface area contributed by atoms with Crippen molar-refractivity contribution in [2.45, 2.75) is 45.1 Å². The fourth-order valence-electron chi connectivity index (χ4n) is 2.52. The minimum absolute atomic E-state index is 0.127. The van der Waals surface area contributed by atoms with Gasteiger partial charge in [-0.15, -0.1) is 0 Å². The lowest BCUT2D eigenvalue weighted by atomic mass is 9.93. The number of hydrogen-bond acceptors (Lipinski definition) is 4. The Morgan fingerprint density at radius 2 is 1.94 bits per heavy atom. The number of nitrogens with zero attached hydrogens (tertiary/aromatic N) is 1. The number of hydrogen-bond donors (Lipinski definition) is 0. The smallest absolute Gasteiger partial charge is 0.307 e. The van der Waals surface area contributed by atoms with Gasteiger partial charge in [0.25, 0.3) is 0 Å². The van der Waals surface area contributed by atoms with Gasteiger partial charge in [0, 0.05) is 7.11 Å². The Balaban J connectivity index is 2.62. The van der Waals surface area contributed by atoms with Crippen LogP contribution in [0.4, 0.5) is 0 Å². The number of ether oxygens (including phenoxy) is 2. The van der Waals surface area contributed by atoms with E-state index in [2.05, 4.69) is 11.8 Å². The van der Waals surface area contributed by atoms with E-state index in [1.165, 1.54) is 19.3 Å². The predicted molar refractivity (Wildman–Crippen MR) is 67.0 cm³/mol. The molecule has 1 saturated heterocycles. The molecule has 0 aliphatic carbocycles. The molecular weight excluding hydrogens is 218 g/mol. The van der Waals surface area contributed by atoms with Crippen molar-refractivity contribution in [3.8, 4) is 0 Å². The third-order valence-corrected chi connectivity index (χ3v) is 3.41. The van der Waals surface area contributed by atoms with Gasteiger partial charge in [0.15, 0.2) is 0 Å². The number of carbonyl (C=O) groups is 1. The minimum atomic E-state index is -0.221. The molecule has 1 rings (SSSR count). The average molecular weight is 243 g/mol. The fraction of sp³-hybridized carbons (Fsp3) is 0.923. The maximum atomic E-state index is 11.7. The molecule has 100 valence electrons. The van der Waals surface area contributed by atoms with E-state index < -0.39 is 0 Å². The second-order valence-electron chi connectivity index (χ2n) is 4.96. The van der Waals surface area contributed by atoms with Crippen LogP contribution in [0, 0.1) is 0 Å². The molecule has 0 aromatic carbocycles. The topological polar surface area (TPSA) is 38.8 Å². The summed E-state index contributed by atoms with van der Waals surface area (Å²) < 4.78 is 10.3. The summed E-state index contributed by atoms with van der Waals surface area (Å²) in [5.41, 5.74) is -0.221. The van der Waals surface area contributed by atoms with Gasteiger partial charge in [0.2, 0.25) is 0 Å². The SMILES string of the molecule is CCOC(=O)CC(C)(COC)N1CCCCC1. The summed E-state index contributed by atoms with van der Waals surface area (Å²) >= 11 is 0. The zero-order valence-corrected chi connectivity index (χ0v) is 11.3. The first-order valence-electron chi connectivity index (χ1n) is 6.52. The number of likely N-dealkylation sites (tertiary alicyclic amines) is 1. The van der Waals surface area contributed by atoms with Crippen molar-refractivity contribution in [3.05, 3.63) is 0 Å². The highest BCUT2D eigenvalue weighted by Crippen LogP contribution is 2.25. The van der Waals surface area contributed by atoms with Crippen LogP contribution in [0.15, 0.2) is 0 Å². The molecule has 0 radical (unpaired) electrons. The third-order valence-electron chi connectivity index (χ3n) is 3.41. The molecule has 1 fully saturated rings. The van der Waals surface area contributed by atoms with Gasteiger partial charge in [0.1, 0.15) is 0 Å². The third kappa shape index (κ3) is 4.28. The summed E-state index contributed by atoms with van der Waals surface area (Å²) in [6.45, 7) is 7.07. The lowest BCUT2D eigenvalue weighted by Crippen LogP contribution is -2.53. The molecule has 0 bridgehead atoms. The second kappa shape index (κ2) is 6.97. The molecule has 0 spiro atoms. The normalized spacial score (nSPS) is 20.9. The summed E-state index contributed by atoms with van der Waals surface area (Å²) in [4.78, 5) is 14.0. The Labute approximate surface area is 104 Å². The van der Waals surface area contributed by atoms with Crippen molar-refractivity contribution in [1.82, 2.24) is 4.90 Å². The lowest BCUT2D eigenvalue weighted by molar-refractivity contribution is -0.147. The molecule has 0 amide bonds. The van der Waals surface area contributed by atoms with Crippen LogP contribution in [0.3, 0.4) is 0 Å². The van der Waals surface area contributed by atoms with Crippen LogP contribution in [0.5, 0.6) is 0 Å². The van der Waals surface area contributed by atoms with Gasteiger partial charge in [-0.25, -0.2) is 0 Å². The summed E-state index contributed by atoms with van der Waals surface area (Å²) in [6.07, 6.45) is 4.12. The van der Waals surface area contributed by atoms with Gasteiger partial charge < -0.3 is 9.47 Å². The van der Waals surface area contributed by atoms with E-state index in [-0.39, 0.29) is 11.5 Å². The molecule has 1 aliphatic heterocycles. The highest BCUT2D eigenvalue weighted by atomic mass is 16.5. The molecular formula is C13H25NO3. The lowest BCUT2D eigenvalue weighted by Gasteiger charge is -2.42. The van der Waals surface area contributed by atoms with E-state index in [4.69, 9.17) is 9.47 Å². The predicted octanol–water partition coefficient (Wildman–Crippen LogP) is 1.83. The van der Waals surface area contributed by atoms with Gasteiger partial charge in [-0.2, -0.15) is 0 Å². The average Bonchev–Trinajstić information content (AvgIpc) is 2.30. The first-order chi connectivity index (χ1) is 8.12. The Morgan fingerprint density at radius 3 is 2.47 bits per heavy atom.